The molecular formula is C15H18FNO3S. The second-order valence-electron chi connectivity index (χ2n) is 5.07. The van der Waals surface area contributed by atoms with Crippen LogP contribution in [-0.2, 0) is 0 Å². The fraction of sp³-hybridized carbons (Fsp3) is 0.400. The first-order valence-corrected chi connectivity index (χ1v) is 7.51. The topological polar surface area (TPSA) is 69.6 Å². The fourth-order valence-corrected chi connectivity index (χ4v) is 3.33. The molecule has 4 nitrogen and oxygen atoms in total. The fourth-order valence-electron chi connectivity index (χ4n) is 2.21. The number of halogens is 1. The number of carbonyl (C=O) groups excluding carboxylic acids is 1. The molecule has 0 aliphatic heterocycles. The van der Waals surface area contributed by atoms with E-state index < -0.39 is 11.4 Å². The zero-order valence-electron chi connectivity index (χ0n) is 11.9. The van der Waals surface area contributed by atoms with Crippen LogP contribution in [0.25, 0.3) is 10.1 Å². The standard InChI is InChI=1S/C15H18FNO3S/c1-3-15(7-18,8-19)17-14(20)13-9(2)12-10(16)5-4-6-11(12)21-13/h4-6,18-19H,3,7-8H2,1-2H3,(H,17,20). The Bertz CT molecular complexity index is 656. The molecule has 2 aromatic rings. The predicted octanol–water partition coefficient (Wildman–Crippen LogP) is 2.21. The van der Waals surface area contributed by atoms with Gasteiger partial charge in [-0.3, -0.25) is 4.79 Å². The number of amides is 1. The smallest absolute Gasteiger partial charge is 0.262 e. The Hall–Kier alpha value is -1.50. The van der Waals surface area contributed by atoms with Crippen molar-refractivity contribution in [2.24, 2.45) is 0 Å². The highest BCUT2D eigenvalue weighted by molar-refractivity contribution is 7.21. The van der Waals surface area contributed by atoms with E-state index in [1.807, 2.05) is 0 Å². The average Bonchev–Trinajstić information content (AvgIpc) is 2.83. The summed E-state index contributed by atoms with van der Waals surface area (Å²) in [6.45, 7) is 2.75. The van der Waals surface area contributed by atoms with Gasteiger partial charge >= 0.3 is 0 Å². The zero-order chi connectivity index (χ0) is 15.6. The van der Waals surface area contributed by atoms with E-state index in [0.29, 0.717) is 26.9 Å². The summed E-state index contributed by atoms with van der Waals surface area (Å²) < 4.78 is 14.6. The first kappa shape index (κ1) is 15.9. The van der Waals surface area contributed by atoms with Crippen molar-refractivity contribution < 1.29 is 19.4 Å². The maximum Gasteiger partial charge on any atom is 0.262 e. The lowest BCUT2D eigenvalue weighted by Gasteiger charge is -2.29. The van der Waals surface area contributed by atoms with Gasteiger partial charge in [0.05, 0.1) is 23.6 Å². The lowest BCUT2D eigenvalue weighted by atomic mass is 9.98. The van der Waals surface area contributed by atoms with Crippen LogP contribution in [0.4, 0.5) is 4.39 Å². The second kappa shape index (κ2) is 6.09. The van der Waals surface area contributed by atoms with Crippen molar-refractivity contribution >= 4 is 27.3 Å². The van der Waals surface area contributed by atoms with Crippen molar-refractivity contribution in [1.29, 1.82) is 0 Å². The molecule has 0 saturated heterocycles. The van der Waals surface area contributed by atoms with Gasteiger partial charge in [-0.05, 0) is 31.0 Å². The monoisotopic (exact) mass is 311 g/mol. The van der Waals surface area contributed by atoms with Crippen molar-refractivity contribution in [2.45, 2.75) is 25.8 Å². The summed E-state index contributed by atoms with van der Waals surface area (Å²) in [5.41, 5.74) is -0.482. The summed E-state index contributed by atoms with van der Waals surface area (Å²) in [6.07, 6.45) is 0.393. The molecule has 6 heteroatoms. The van der Waals surface area contributed by atoms with Crippen LogP contribution in [0.1, 0.15) is 28.6 Å². The van der Waals surface area contributed by atoms with Crippen LogP contribution in [0.5, 0.6) is 0 Å². The van der Waals surface area contributed by atoms with E-state index in [0.717, 1.165) is 0 Å². The van der Waals surface area contributed by atoms with Gasteiger partial charge in [0.15, 0.2) is 0 Å². The number of aliphatic hydroxyl groups excluding tert-OH is 2. The molecule has 0 unspecified atom stereocenters. The van der Waals surface area contributed by atoms with Gasteiger partial charge in [0.25, 0.3) is 5.91 Å². The number of hydrogen-bond acceptors (Lipinski definition) is 4. The van der Waals surface area contributed by atoms with Crippen LogP contribution in [0.3, 0.4) is 0 Å². The number of fused-ring (bicyclic) bond motifs is 1. The molecule has 0 bridgehead atoms. The molecule has 0 aliphatic carbocycles. The summed E-state index contributed by atoms with van der Waals surface area (Å²) in [5.74, 6) is -0.760. The number of aryl methyl sites for hydroxylation is 1. The van der Waals surface area contributed by atoms with Gasteiger partial charge in [0, 0.05) is 10.1 Å². The van der Waals surface area contributed by atoms with E-state index in [9.17, 15) is 19.4 Å². The Morgan fingerprint density at radius 3 is 2.57 bits per heavy atom. The van der Waals surface area contributed by atoms with Crippen LogP contribution in [-0.4, -0.2) is 34.9 Å². The molecule has 1 heterocycles. The molecule has 0 aliphatic rings. The maximum absolute atomic E-state index is 13.9. The van der Waals surface area contributed by atoms with Crippen molar-refractivity contribution in [2.75, 3.05) is 13.2 Å². The minimum Gasteiger partial charge on any atom is -0.394 e. The van der Waals surface area contributed by atoms with Crippen LogP contribution in [0, 0.1) is 12.7 Å². The average molecular weight is 311 g/mol. The van der Waals surface area contributed by atoms with Crippen LogP contribution < -0.4 is 5.32 Å². The third-order valence-electron chi connectivity index (χ3n) is 3.77. The number of benzene rings is 1. The van der Waals surface area contributed by atoms with Gasteiger partial charge in [-0.1, -0.05) is 13.0 Å². The Kier molecular flexibility index (Phi) is 4.61. The van der Waals surface area contributed by atoms with Gasteiger partial charge in [-0.15, -0.1) is 11.3 Å². The van der Waals surface area contributed by atoms with Gasteiger partial charge in [0.1, 0.15) is 5.82 Å². The molecule has 114 valence electrons. The Morgan fingerprint density at radius 1 is 1.38 bits per heavy atom. The third-order valence-corrected chi connectivity index (χ3v) is 5.03. The predicted molar refractivity (Wildman–Crippen MR) is 81.2 cm³/mol. The number of carbonyl (C=O) groups is 1. The number of aliphatic hydroxyl groups is 2. The molecule has 1 amide bonds. The van der Waals surface area contributed by atoms with Crippen LogP contribution in [0.15, 0.2) is 18.2 Å². The molecule has 1 aromatic heterocycles. The highest BCUT2D eigenvalue weighted by Gasteiger charge is 2.30. The van der Waals surface area contributed by atoms with Gasteiger partial charge in [0.2, 0.25) is 0 Å². The Labute approximate surface area is 126 Å². The summed E-state index contributed by atoms with van der Waals surface area (Å²) in [7, 11) is 0. The molecule has 0 spiro atoms. The van der Waals surface area contributed by atoms with E-state index in [2.05, 4.69) is 5.32 Å². The quantitative estimate of drug-likeness (QED) is 0.793. The lowest BCUT2D eigenvalue weighted by molar-refractivity contribution is 0.0655. The summed E-state index contributed by atoms with van der Waals surface area (Å²) in [5, 5.41) is 21.9. The van der Waals surface area contributed by atoms with Crippen LogP contribution >= 0.6 is 11.3 Å². The zero-order valence-corrected chi connectivity index (χ0v) is 12.8. The molecule has 2 rings (SSSR count). The normalized spacial score (nSPS) is 11.9. The molecule has 0 radical (unpaired) electrons. The molecule has 0 fully saturated rings. The molecule has 1 aromatic carbocycles. The van der Waals surface area contributed by atoms with Gasteiger partial charge < -0.3 is 15.5 Å². The van der Waals surface area contributed by atoms with E-state index in [1.54, 1.807) is 26.0 Å². The van der Waals surface area contributed by atoms with Crippen molar-refractivity contribution in [3.05, 3.63) is 34.5 Å². The van der Waals surface area contributed by atoms with Gasteiger partial charge in [-0.25, -0.2) is 4.39 Å². The van der Waals surface area contributed by atoms with Crippen molar-refractivity contribution in [3.63, 3.8) is 0 Å². The molecule has 0 saturated carbocycles. The van der Waals surface area contributed by atoms with E-state index in [1.165, 1.54) is 17.4 Å². The first-order chi connectivity index (χ1) is 9.98. The molecule has 0 atom stereocenters. The first-order valence-electron chi connectivity index (χ1n) is 6.70. The number of rotatable bonds is 5. The highest BCUT2D eigenvalue weighted by Crippen LogP contribution is 2.32. The number of hydrogen-bond donors (Lipinski definition) is 3. The van der Waals surface area contributed by atoms with E-state index in [4.69, 9.17) is 0 Å². The number of thiophene rings is 1. The lowest BCUT2D eigenvalue weighted by Crippen LogP contribution is -2.53. The molecular weight excluding hydrogens is 293 g/mol. The maximum atomic E-state index is 13.9. The van der Waals surface area contributed by atoms with Gasteiger partial charge in [-0.2, -0.15) is 0 Å². The Morgan fingerprint density at radius 2 is 2.05 bits per heavy atom. The minimum atomic E-state index is -1.06. The van der Waals surface area contributed by atoms with Crippen molar-refractivity contribution in [3.8, 4) is 0 Å². The second-order valence-corrected chi connectivity index (χ2v) is 6.13. The summed E-state index contributed by atoms with van der Waals surface area (Å²) in [6, 6.07) is 4.73. The van der Waals surface area contributed by atoms with E-state index >= 15 is 0 Å². The Balaban J connectivity index is 2.41. The molecule has 21 heavy (non-hydrogen) atoms. The highest BCUT2D eigenvalue weighted by atomic mass is 32.1. The number of nitrogens with one attached hydrogen (secondary N) is 1. The van der Waals surface area contributed by atoms with Crippen molar-refractivity contribution in [1.82, 2.24) is 5.32 Å². The minimum absolute atomic E-state index is 0.355. The SMILES string of the molecule is CCC(CO)(CO)NC(=O)c1sc2cccc(F)c2c1C. The third kappa shape index (κ3) is 2.79. The molecule has 3 N–H and O–H groups in total. The van der Waals surface area contributed by atoms with Crippen LogP contribution in [0.2, 0.25) is 0 Å². The largest absolute Gasteiger partial charge is 0.394 e. The summed E-state index contributed by atoms with van der Waals surface area (Å²) in [4.78, 5) is 12.8. The summed E-state index contributed by atoms with van der Waals surface area (Å²) >= 11 is 1.20. The van der Waals surface area contributed by atoms with E-state index in [-0.39, 0.29) is 19.0 Å².